The highest BCUT2D eigenvalue weighted by Crippen LogP contribution is 2.41. The minimum atomic E-state index is -0.139. The molecule has 0 radical (unpaired) electrons. The maximum atomic E-state index is 14.0. The normalized spacial score (nSPS) is 17.8. The number of aliphatic imine (C=N–C) groups is 1. The zero-order chi connectivity index (χ0) is 20.6. The van der Waals surface area contributed by atoms with Gasteiger partial charge < -0.3 is 20.1 Å². The van der Waals surface area contributed by atoms with Crippen LogP contribution in [0.1, 0.15) is 35.4 Å². The van der Waals surface area contributed by atoms with Gasteiger partial charge in [0.25, 0.3) is 0 Å². The number of methoxy groups -OCH3 is 1. The van der Waals surface area contributed by atoms with Crippen molar-refractivity contribution in [3.05, 3.63) is 65.0 Å². The van der Waals surface area contributed by atoms with Gasteiger partial charge in [0.05, 0.1) is 6.61 Å². The Bertz CT molecular complexity index is 847. The molecule has 0 amide bonds. The van der Waals surface area contributed by atoms with E-state index in [1.54, 1.807) is 20.2 Å². The standard InChI is InChI=1S/C23H30FN3O2.HI/c1-16-9-10-17(22(13-16)29-12-6-11-28-3)15-26-23(25-2)27-21-14-19(21)18-7-4-5-8-20(18)24;/h4-5,7-10,13,19,21H,6,11-12,14-15H2,1-3H3,(H2,25,26,27);1H. The number of benzene rings is 2. The summed E-state index contributed by atoms with van der Waals surface area (Å²) in [5.74, 6) is 1.63. The van der Waals surface area contributed by atoms with Crippen LogP contribution in [0, 0.1) is 12.7 Å². The lowest BCUT2D eigenvalue weighted by atomic mass is 10.1. The zero-order valence-corrected chi connectivity index (χ0v) is 20.1. The summed E-state index contributed by atoms with van der Waals surface area (Å²) < 4.78 is 25.0. The van der Waals surface area contributed by atoms with Crippen LogP contribution in [0.15, 0.2) is 47.5 Å². The molecule has 30 heavy (non-hydrogen) atoms. The molecule has 1 fully saturated rings. The van der Waals surface area contributed by atoms with Crippen LogP contribution in [-0.2, 0) is 11.3 Å². The number of ether oxygens (including phenoxy) is 2. The molecular weight excluding hydrogens is 496 g/mol. The van der Waals surface area contributed by atoms with Crippen molar-refractivity contribution in [1.29, 1.82) is 0 Å². The van der Waals surface area contributed by atoms with Crippen molar-refractivity contribution in [1.82, 2.24) is 10.6 Å². The fourth-order valence-corrected chi connectivity index (χ4v) is 3.35. The first-order valence-electron chi connectivity index (χ1n) is 10.0. The van der Waals surface area contributed by atoms with E-state index in [4.69, 9.17) is 9.47 Å². The summed E-state index contributed by atoms with van der Waals surface area (Å²) in [6.07, 6.45) is 1.75. The molecule has 1 aliphatic carbocycles. The predicted octanol–water partition coefficient (Wildman–Crippen LogP) is 4.39. The van der Waals surface area contributed by atoms with E-state index >= 15 is 0 Å². The molecule has 0 bridgehead atoms. The molecular formula is C23H31FIN3O2. The van der Waals surface area contributed by atoms with Gasteiger partial charge in [0.1, 0.15) is 11.6 Å². The van der Waals surface area contributed by atoms with E-state index < -0.39 is 0 Å². The monoisotopic (exact) mass is 527 g/mol. The molecule has 0 spiro atoms. The molecule has 2 atom stereocenters. The third kappa shape index (κ3) is 6.84. The Morgan fingerprint density at radius 1 is 1.20 bits per heavy atom. The Labute approximate surface area is 195 Å². The smallest absolute Gasteiger partial charge is 0.191 e. The fraction of sp³-hybridized carbons (Fsp3) is 0.435. The molecule has 2 aromatic carbocycles. The first-order chi connectivity index (χ1) is 14.1. The van der Waals surface area contributed by atoms with Gasteiger partial charge in [-0.1, -0.05) is 30.3 Å². The second-order valence-corrected chi connectivity index (χ2v) is 7.35. The highest BCUT2D eigenvalue weighted by Gasteiger charge is 2.40. The number of halogens is 2. The number of rotatable bonds is 9. The number of hydrogen-bond acceptors (Lipinski definition) is 3. The molecule has 0 heterocycles. The average Bonchev–Trinajstić information content (AvgIpc) is 3.48. The molecule has 5 nitrogen and oxygen atoms in total. The van der Waals surface area contributed by atoms with Crippen LogP contribution in [0.4, 0.5) is 4.39 Å². The largest absolute Gasteiger partial charge is 0.493 e. The van der Waals surface area contributed by atoms with E-state index in [2.05, 4.69) is 40.7 Å². The summed E-state index contributed by atoms with van der Waals surface area (Å²) >= 11 is 0. The van der Waals surface area contributed by atoms with Crippen molar-refractivity contribution < 1.29 is 13.9 Å². The van der Waals surface area contributed by atoms with Crippen LogP contribution >= 0.6 is 24.0 Å². The highest BCUT2D eigenvalue weighted by atomic mass is 127. The summed E-state index contributed by atoms with van der Waals surface area (Å²) in [6.45, 7) is 3.94. The van der Waals surface area contributed by atoms with Crippen LogP contribution in [0.2, 0.25) is 0 Å². The minimum Gasteiger partial charge on any atom is -0.493 e. The van der Waals surface area contributed by atoms with Crippen LogP contribution in [0.5, 0.6) is 5.75 Å². The van der Waals surface area contributed by atoms with Crippen LogP contribution in [-0.4, -0.2) is 39.4 Å². The van der Waals surface area contributed by atoms with E-state index in [1.165, 1.54) is 6.07 Å². The Morgan fingerprint density at radius 2 is 2.00 bits per heavy atom. The van der Waals surface area contributed by atoms with E-state index in [0.717, 1.165) is 35.3 Å². The molecule has 2 unspecified atom stereocenters. The van der Waals surface area contributed by atoms with E-state index in [-0.39, 0.29) is 41.8 Å². The zero-order valence-electron chi connectivity index (χ0n) is 17.8. The predicted molar refractivity (Wildman–Crippen MR) is 129 cm³/mol. The van der Waals surface area contributed by atoms with Crippen molar-refractivity contribution in [3.63, 3.8) is 0 Å². The molecule has 2 N–H and O–H groups in total. The SMILES string of the molecule is CN=C(NCc1ccc(C)cc1OCCCOC)NC1CC1c1ccccc1F.I. The highest BCUT2D eigenvalue weighted by molar-refractivity contribution is 14.0. The van der Waals surface area contributed by atoms with Crippen LogP contribution in [0.25, 0.3) is 0 Å². The number of guanidine groups is 1. The molecule has 164 valence electrons. The number of nitrogens with zero attached hydrogens (tertiary/aromatic N) is 1. The third-order valence-electron chi connectivity index (χ3n) is 5.06. The van der Waals surface area contributed by atoms with Gasteiger partial charge in [-0.3, -0.25) is 4.99 Å². The van der Waals surface area contributed by atoms with Gasteiger partial charge in [0.2, 0.25) is 0 Å². The Hall–Kier alpha value is -1.87. The van der Waals surface area contributed by atoms with E-state index in [1.807, 2.05) is 12.1 Å². The molecule has 1 aliphatic rings. The van der Waals surface area contributed by atoms with Gasteiger partial charge in [-0.05, 0) is 36.6 Å². The lowest BCUT2D eigenvalue weighted by Gasteiger charge is -2.15. The first-order valence-corrected chi connectivity index (χ1v) is 10.0. The Morgan fingerprint density at radius 3 is 2.73 bits per heavy atom. The average molecular weight is 527 g/mol. The molecule has 0 saturated heterocycles. The third-order valence-corrected chi connectivity index (χ3v) is 5.06. The van der Waals surface area contributed by atoms with Gasteiger partial charge in [0.15, 0.2) is 5.96 Å². The molecule has 2 aromatic rings. The molecule has 0 aliphatic heterocycles. The maximum absolute atomic E-state index is 14.0. The van der Waals surface area contributed by atoms with Crippen molar-refractivity contribution >= 4 is 29.9 Å². The summed E-state index contributed by atoms with van der Waals surface area (Å²) in [7, 11) is 3.43. The van der Waals surface area contributed by atoms with E-state index in [9.17, 15) is 4.39 Å². The van der Waals surface area contributed by atoms with Crippen molar-refractivity contribution in [3.8, 4) is 5.75 Å². The fourth-order valence-electron chi connectivity index (χ4n) is 3.35. The van der Waals surface area contributed by atoms with Gasteiger partial charge in [-0.15, -0.1) is 24.0 Å². The second-order valence-electron chi connectivity index (χ2n) is 7.35. The summed E-state index contributed by atoms with van der Waals surface area (Å²) in [4.78, 5) is 4.31. The lowest BCUT2D eigenvalue weighted by Crippen LogP contribution is -2.38. The lowest BCUT2D eigenvalue weighted by molar-refractivity contribution is 0.171. The summed E-state index contributed by atoms with van der Waals surface area (Å²) in [5, 5.41) is 6.74. The van der Waals surface area contributed by atoms with Crippen LogP contribution in [0.3, 0.4) is 0 Å². The van der Waals surface area contributed by atoms with Gasteiger partial charge in [-0.25, -0.2) is 4.39 Å². The number of hydrogen-bond donors (Lipinski definition) is 2. The van der Waals surface area contributed by atoms with Gasteiger partial charge >= 0.3 is 0 Å². The molecule has 7 heteroatoms. The summed E-state index contributed by atoms with van der Waals surface area (Å²) in [6, 6.07) is 13.4. The van der Waals surface area contributed by atoms with Crippen LogP contribution < -0.4 is 15.4 Å². The Balaban J connectivity index is 0.00000320. The molecule has 1 saturated carbocycles. The number of nitrogens with one attached hydrogen (secondary N) is 2. The van der Waals surface area contributed by atoms with E-state index in [0.29, 0.717) is 25.7 Å². The molecule has 3 rings (SSSR count). The topological polar surface area (TPSA) is 54.9 Å². The second kappa shape index (κ2) is 12.1. The van der Waals surface area contributed by atoms with Gasteiger partial charge in [-0.2, -0.15) is 0 Å². The minimum absolute atomic E-state index is 0. The quantitative estimate of drug-likeness (QED) is 0.220. The van der Waals surface area contributed by atoms with Crippen molar-refractivity contribution in [2.45, 2.75) is 38.3 Å². The summed E-state index contributed by atoms with van der Waals surface area (Å²) in [5.41, 5.74) is 2.99. The van der Waals surface area contributed by atoms with Crippen molar-refractivity contribution in [2.24, 2.45) is 4.99 Å². The number of aryl methyl sites for hydroxylation is 1. The maximum Gasteiger partial charge on any atom is 0.191 e. The van der Waals surface area contributed by atoms with Gasteiger partial charge in [0, 0.05) is 51.3 Å². The Kier molecular flexibility index (Phi) is 9.84. The van der Waals surface area contributed by atoms with Crippen molar-refractivity contribution in [2.75, 3.05) is 27.4 Å². The molecule has 0 aromatic heterocycles. The first kappa shape index (κ1) is 24.4.